The monoisotopic (exact) mass is 219 g/mol. The van der Waals surface area contributed by atoms with Crippen molar-refractivity contribution >= 4 is 28.0 Å². The molecule has 80 valence electrons. The second-order valence-corrected chi connectivity index (χ2v) is 3.41. The van der Waals surface area contributed by atoms with Crippen molar-refractivity contribution in [2.24, 2.45) is 5.73 Å². The van der Waals surface area contributed by atoms with Crippen molar-refractivity contribution in [3.63, 3.8) is 0 Å². The number of halogens is 1. The molecular formula is C10H6FN3O2. The van der Waals surface area contributed by atoms with Crippen molar-refractivity contribution in [3.8, 4) is 0 Å². The lowest BCUT2D eigenvalue weighted by molar-refractivity contribution is 0.100. The van der Waals surface area contributed by atoms with Gasteiger partial charge in [-0.25, -0.2) is 0 Å². The van der Waals surface area contributed by atoms with Crippen LogP contribution in [0.1, 0.15) is 10.4 Å². The number of rotatable bonds is 1. The van der Waals surface area contributed by atoms with E-state index < -0.39 is 5.91 Å². The van der Waals surface area contributed by atoms with Gasteiger partial charge < -0.3 is 10.2 Å². The van der Waals surface area contributed by atoms with Gasteiger partial charge in [0.2, 0.25) is 5.91 Å². The number of primary amides is 1. The molecule has 1 aromatic carbocycles. The second kappa shape index (κ2) is 2.82. The third-order valence-electron chi connectivity index (χ3n) is 2.39. The smallest absolute Gasteiger partial charge is 0.248 e. The Kier molecular flexibility index (Phi) is 1.57. The summed E-state index contributed by atoms with van der Waals surface area (Å²) in [7, 11) is 0. The van der Waals surface area contributed by atoms with Crippen molar-refractivity contribution in [3.05, 3.63) is 30.0 Å². The number of carbonyl (C=O) groups excluding carboxylic acids is 1. The van der Waals surface area contributed by atoms with Crippen LogP contribution in [0.5, 0.6) is 0 Å². The van der Waals surface area contributed by atoms with E-state index in [0.717, 1.165) is 6.20 Å². The van der Waals surface area contributed by atoms with Crippen molar-refractivity contribution in [1.82, 2.24) is 10.0 Å². The van der Waals surface area contributed by atoms with Crippen LogP contribution in [-0.4, -0.2) is 15.9 Å². The summed E-state index contributed by atoms with van der Waals surface area (Å²) in [4.78, 5) is 11.2. The molecule has 3 rings (SSSR count). The first-order valence-electron chi connectivity index (χ1n) is 4.53. The molecule has 2 aromatic heterocycles. The quantitative estimate of drug-likeness (QED) is 0.675. The fourth-order valence-electron chi connectivity index (χ4n) is 1.67. The Morgan fingerprint density at radius 2 is 2.25 bits per heavy atom. The van der Waals surface area contributed by atoms with Crippen molar-refractivity contribution in [1.29, 1.82) is 0 Å². The first kappa shape index (κ1) is 8.90. The average molecular weight is 219 g/mol. The van der Waals surface area contributed by atoms with Crippen LogP contribution in [0.2, 0.25) is 0 Å². The number of amides is 1. The summed E-state index contributed by atoms with van der Waals surface area (Å²) in [5, 5.41) is 4.18. The zero-order chi connectivity index (χ0) is 11.3. The van der Waals surface area contributed by atoms with Gasteiger partial charge in [-0.2, -0.15) is 0 Å². The molecule has 2 N–H and O–H groups in total. The minimum Gasteiger partial charge on any atom is -0.453 e. The van der Waals surface area contributed by atoms with Crippen molar-refractivity contribution < 1.29 is 13.7 Å². The van der Waals surface area contributed by atoms with Crippen LogP contribution in [0.4, 0.5) is 4.48 Å². The Morgan fingerprint density at radius 3 is 3.00 bits per heavy atom. The number of nitrogens with zero attached hydrogens (tertiary/aromatic N) is 2. The van der Waals surface area contributed by atoms with Crippen molar-refractivity contribution in [2.75, 3.05) is 0 Å². The van der Waals surface area contributed by atoms with E-state index in [1.807, 2.05) is 0 Å². The largest absolute Gasteiger partial charge is 0.453 e. The molecular weight excluding hydrogens is 213 g/mol. The van der Waals surface area contributed by atoms with Crippen LogP contribution >= 0.6 is 0 Å². The SMILES string of the molecule is NC(=O)c1ccc2oc3cn(F)nc3c2c1. The van der Waals surface area contributed by atoms with E-state index in [4.69, 9.17) is 10.2 Å². The molecule has 0 fully saturated rings. The highest BCUT2D eigenvalue weighted by Crippen LogP contribution is 2.28. The molecule has 0 radical (unpaired) electrons. The summed E-state index contributed by atoms with van der Waals surface area (Å²) in [6.07, 6.45) is 1.12. The highest BCUT2D eigenvalue weighted by molar-refractivity contribution is 6.06. The van der Waals surface area contributed by atoms with Crippen LogP contribution in [0, 0.1) is 0 Å². The lowest BCUT2D eigenvalue weighted by atomic mass is 10.1. The minimum absolute atomic E-state index is 0.171. The summed E-state index contributed by atoms with van der Waals surface area (Å²) >= 11 is 0. The predicted octanol–water partition coefficient (Wildman–Crippen LogP) is 1.61. The number of furan rings is 1. The molecule has 0 aliphatic rings. The summed E-state index contributed by atoms with van der Waals surface area (Å²) in [6.45, 7) is 0. The van der Waals surface area contributed by atoms with Crippen LogP contribution in [-0.2, 0) is 0 Å². The molecule has 6 heteroatoms. The molecule has 0 saturated carbocycles. The Bertz CT molecular complexity index is 713. The first-order chi connectivity index (χ1) is 7.65. The molecule has 5 nitrogen and oxygen atoms in total. The van der Waals surface area contributed by atoms with Gasteiger partial charge in [-0.3, -0.25) is 4.79 Å². The third kappa shape index (κ3) is 1.10. The van der Waals surface area contributed by atoms with E-state index >= 15 is 0 Å². The minimum atomic E-state index is -0.545. The summed E-state index contributed by atoms with van der Waals surface area (Å²) in [6, 6.07) is 4.70. The van der Waals surface area contributed by atoms with Gasteiger partial charge in [-0.05, 0) is 18.2 Å². The lowest BCUT2D eigenvalue weighted by Crippen LogP contribution is -2.10. The number of aromatic nitrogens is 2. The van der Waals surface area contributed by atoms with Crippen LogP contribution in [0.25, 0.3) is 22.1 Å². The molecule has 3 aromatic rings. The molecule has 2 heterocycles. The summed E-state index contributed by atoms with van der Waals surface area (Å²) in [5.41, 5.74) is 6.74. The molecule has 0 unspecified atom stereocenters. The molecule has 0 aliphatic carbocycles. The van der Waals surface area contributed by atoms with Crippen molar-refractivity contribution in [2.45, 2.75) is 0 Å². The Balaban J connectivity index is 2.41. The van der Waals surface area contributed by atoms with Crippen LogP contribution in [0.3, 0.4) is 0 Å². The van der Waals surface area contributed by atoms with Gasteiger partial charge in [-0.15, -0.1) is 5.10 Å². The molecule has 1 amide bonds. The number of hydrogen-bond acceptors (Lipinski definition) is 3. The van der Waals surface area contributed by atoms with E-state index in [0.29, 0.717) is 27.6 Å². The first-order valence-corrected chi connectivity index (χ1v) is 4.53. The van der Waals surface area contributed by atoms with Gasteiger partial charge in [0.1, 0.15) is 17.3 Å². The molecule has 16 heavy (non-hydrogen) atoms. The van der Waals surface area contributed by atoms with Gasteiger partial charge in [0.05, 0.1) is 0 Å². The second-order valence-electron chi connectivity index (χ2n) is 3.41. The Hall–Kier alpha value is -2.37. The molecule has 0 aliphatic heterocycles. The molecule has 0 saturated heterocycles. The van der Waals surface area contributed by atoms with Crippen LogP contribution < -0.4 is 5.73 Å². The Morgan fingerprint density at radius 1 is 1.44 bits per heavy atom. The van der Waals surface area contributed by atoms with Gasteiger partial charge in [0, 0.05) is 10.9 Å². The third-order valence-corrected chi connectivity index (χ3v) is 2.39. The summed E-state index contributed by atoms with van der Waals surface area (Å²) < 4.78 is 18.1. The zero-order valence-electron chi connectivity index (χ0n) is 7.98. The maximum atomic E-state index is 12.8. The van der Waals surface area contributed by atoms with E-state index in [9.17, 15) is 9.28 Å². The average Bonchev–Trinajstić information content (AvgIpc) is 2.72. The topological polar surface area (TPSA) is 74.1 Å². The number of benzene rings is 1. The fraction of sp³-hybridized carbons (Fsp3) is 0. The normalized spacial score (nSPS) is 11.3. The van der Waals surface area contributed by atoms with Crippen LogP contribution in [0.15, 0.2) is 28.8 Å². The van der Waals surface area contributed by atoms with Gasteiger partial charge in [0.25, 0.3) is 0 Å². The maximum absolute atomic E-state index is 12.8. The van der Waals surface area contributed by atoms with Gasteiger partial charge >= 0.3 is 0 Å². The lowest BCUT2D eigenvalue weighted by Gasteiger charge is -1.93. The molecule has 0 bridgehead atoms. The van der Waals surface area contributed by atoms with E-state index in [1.54, 1.807) is 12.1 Å². The molecule has 0 atom stereocenters. The summed E-state index contributed by atoms with van der Waals surface area (Å²) in [5.74, 6) is -0.545. The van der Waals surface area contributed by atoms with E-state index in [2.05, 4.69) is 5.10 Å². The zero-order valence-corrected chi connectivity index (χ0v) is 7.98. The van der Waals surface area contributed by atoms with E-state index in [-0.39, 0.29) is 4.90 Å². The standard InChI is InChI=1S/C10H6FN3O2/c11-14-4-8-9(13-14)6-3-5(10(12)15)1-2-7(6)16-8/h1-4H,(H2,12,15). The predicted molar refractivity (Wildman–Crippen MR) is 54.5 cm³/mol. The number of carbonyl (C=O) groups is 1. The Labute approximate surface area is 88.2 Å². The van der Waals surface area contributed by atoms with Gasteiger partial charge in [-0.1, -0.05) is 9.39 Å². The number of nitrogens with two attached hydrogens (primary N) is 1. The highest BCUT2D eigenvalue weighted by Gasteiger charge is 2.13. The number of hydrogen-bond donors (Lipinski definition) is 1. The number of fused-ring (bicyclic) bond motifs is 3. The molecule has 0 spiro atoms. The van der Waals surface area contributed by atoms with E-state index in [1.165, 1.54) is 6.07 Å². The fourth-order valence-corrected chi connectivity index (χ4v) is 1.67. The van der Waals surface area contributed by atoms with Gasteiger partial charge in [0.15, 0.2) is 5.58 Å². The maximum Gasteiger partial charge on any atom is 0.248 e. The highest BCUT2D eigenvalue weighted by atomic mass is 19.2.